The van der Waals surface area contributed by atoms with Crippen LogP contribution in [0.4, 0.5) is 0 Å². The third kappa shape index (κ3) is 1.42. The molecule has 1 nitrogen and oxygen atoms in total. The van der Waals surface area contributed by atoms with Crippen LogP contribution >= 0.6 is 15.9 Å². The molecule has 1 heterocycles. The molecule has 0 spiro atoms. The molecular weight excluding hydrogens is 156 g/mol. The molecule has 1 aliphatic rings. The van der Waals surface area contributed by atoms with Crippen molar-refractivity contribution in [3.05, 3.63) is 0 Å². The average Bonchev–Trinajstić information content (AvgIpc) is 1.84. The van der Waals surface area contributed by atoms with Crippen LogP contribution in [0, 0.1) is 0 Å². The van der Waals surface area contributed by atoms with Crippen LogP contribution in [0.5, 0.6) is 0 Å². The van der Waals surface area contributed by atoms with E-state index < -0.39 is 0 Å². The van der Waals surface area contributed by atoms with Gasteiger partial charge in [-0.25, -0.2) is 0 Å². The lowest BCUT2D eigenvalue weighted by Gasteiger charge is -2.08. The summed E-state index contributed by atoms with van der Waals surface area (Å²) in [4.78, 5) is 0. The molecule has 2 heteroatoms. The number of ether oxygens (including phenoxy) is 1. The van der Waals surface area contributed by atoms with Crippen LogP contribution in [0.25, 0.3) is 0 Å². The van der Waals surface area contributed by atoms with Gasteiger partial charge < -0.3 is 4.74 Å². The van der Waals surface area contributed by atoms with Gasteiger partial charge in [0.1, 0.15) is 0 Å². The van der Waals surface area contributed by atoms with E-state index in [0.717, 1.165) is 19.6 Å². The van der Waals surface area contributed by atoms with E-state index in [1.54, 1.807) is 0 Å². The molecule has 0 aromatic heterocycles. The van der Waals surface area contributed by atoms with E-state index >= 15 is 0 Å². The molecule has 1 aliphatic heterocycles. The molecule has 0 saturated carbocycles. The maximum absolute atomic E-state index is 5.11. The lowest BCUT2D eigenvalue weighted by molar-refractivity contribution is 0.193. The SMILES string of the molecule is CC1(Br)CCOC1. The lowest BCUT2D eigenvalue weighted by atomic mass is 10.2. The fourth-order valence-corrected chi connectivity index (χ4v) is 0.966. The Balaban J connectivity index is 2.40. The number of rotatable bonds is 0. The Morgan fingerprint density at radius 1 is 1.71 bits per heavy atom. The van der Waals surface area contributed by atoms with E-state index in [-0.39, 0.29) is 4.32 Å². The summed E-state index contributed by atoms with van der Waals surface area (Å²) < 4.78 is 5.40. The standard InChI is InChI=1S/C5H9BrO/c1-5(6)2-3-7-4-5/h2-4H2,1H3. The fraction of sp³-hybridized carbons (Fsp3) is 1.00. The molecule has 1 fully saturated rings. The van der Waals surface area contributed by atoms with Gasteiger partial charge in [0.2, 0.25) is 0 Å². The normalized spacial score (nSPS) is 42.0. The first-order chi connectivity index (χ1) is 3.21. The Morgan fingerprint density at radius 2 is 2.43 bits per heavy atom. The highest BCUT2D eigenvalue weighted by Crippen LogP contribution is 2.26. The third-order valence-electron chi connectivity index (χ3n) is 1.17. The Kier molecular flexibility index (Phi) is 1.39. The summed E-state index contributed by atoms with van der Waals surface area (Å²) in [6.07, 6.45) is 1.15. The summed E-state index contributed by atoms with van der Waals surface area (Å²) in [7, 11) is 0. The Hall–Kier alpha value is 0.440. The zero-order valence-electron chi connectivity index (χ0n) is 4.41. The minimum atomic E-state index is 0.285. The second-order valence-electron chi connectivity index (χ2n) is 2.22. The van der Waals surface area contributed by atoms with Crippen LogP contribution < -0.4 is 0 Å². The second kappa shape index (κ2) is 1.75. The summed E-state index contributed by atoms with van der Waals surface area (Å²) in [5, 5.41) is 0. The molecule has 0 aromatic rings. The molecule has 1 saturated heterocycles. The summed E-state index contributed by atoms with van der Waals surface area (Å²) in [5.41, 5.74) is 0. The predicted molar refractivity (Wildman–Crippen MR) is 32.8 cm³/mol. The van der Waals surface area contributed by atoms with Crippen LogP contribution in [0.2, 0.25) is 0 Å². The van der Waals surface area contributed by atoms with E-state index in [2.05, 4.69) is 22.9 Å². The third-order valence-corrected chi connectivity index (χ3v) is 1.80. The van der Waals surface area contributed by atoms with Crippen LogP contribution in [0.3, 0.4) is 0 Å². The first-order valence-electron chi connectivity index (χ1n) is 2.47. The highest BCUT2D eigenvalue weighted by atomic mass is 79.9. The van der Waals surface area contributed by atoms with Crippen molar-refractivity contribution in [2.75, 3.05) is 13.2 Å². The average molecular weight is 165 g/mol. The minimum absolute atomic E-state index is 0.285. The van der Waals surface area contributed by atoms with Gasteiger partial charge in [0.05, 0.1) is 6.61 Å². The summed E-state index contributed by atoms with van der Waals surface area (Å²) >= 11 is 3.52. The van der Waals surface area contributed by atoms with Crippen molar-refractivity contribution in [1.82, 2.24) is 0 Å². The van der Waals surface area contributed by atoms with Gasteiger partial charge in [0.15, 0.2) is 0 Å². The first kappa shape index (κ1) is 5.57. The highest BCUT2D eigenvalue weighted by molar-refractivity contribution is 9.10. The molecule has 1 unspecified atom stereocenters. The summed E-state index contributed by atoms with van der Waals surface area (Å²) in [5.74, 6) is 0. The zero-order chi connectivity index (χ0) is 5.33. The van der Waals surface area contributed by atoms with Gasteiger partial charge >= 0.3 is 0 Å². The Morgan fingerprint density at radius 3 is 2.57 bits per heavy atom. The number of halogens is 1. The van der Waals surface area contributed by atoms with Gasteiger partial charge in [-0.05, 0) is 13.3 Å². The van der Waals surface area contributed by atoms with Crippen LogP contribution in [-0.2, 0) is 4.74 Å². The van der Waals surface area contributed by atoms with Crippen molar-refractivity contribution >= 4 is 15.9 Å². The predicted octanol–water partition coefficient (Wildman–Crippen LogP) is 1.56. The van der Waals surface area contributed by atoms with Crippen LogP contribution in [-0.4, -0.2) is 17.5 Å². The molecule has 0 N–H and O–H groups in total. The number of hydrogen-bond donors (Lipinski definition) is 0. The molecule has 0 aromatic carbocycles. The molecule has 7 heavy (non-hydrogen) atoms. The van der Waals surface area contributed by atoms with Crippen molar-refractivity contribution in [2.24, 2.45) is 0 Å². The smallest absolute Gasteiger partial charge is 0.0617 e. The van der Waals surface area contributed by atoms with Crippen LogP contribution in [0.15, 0.2) is 0 Å². The van der Waals surface area contributed by atoms with Crippen LogP contribution in [0.1, 0.15) is 13.3 Å². The molecule has 0 radical (unpaired) electrons. The largest absolute Gasteiger partial charge is 0.380 e. The second-order valence-corrected chi connectivity index (χ2v) is 4.13. The summed E-state index contributed by atoms with van der Waals surface area (Å²) in [6.45, 7) is 3.94. The maximum atomic E-state index is 5.11. The first-order valence-corrected chi connectivity index (χ1v) is 3.27. The van der Waals surface area contributed by atoms with E-state index in [0.29, 0.717) is 0 Å². The van der Waals surface area contributed by atoms with E-state index in [4.69, 9.17) is 4.74 Å². The molecule has 1 rings (SSSR count). The molecule has 0 aliphatic carbocycles. The molecule has 42 valence electrons. The maximum Gasteiger partial charge on any atom is 0.0617 e. The van der Waals surface area contributed by atoms with Gasteiger partial charge in [-0.15, -0.1) is 0 Å². The van der Waals surface area contributed by atoms with Crippen molar-refractivity contribution in [1.29, 1.82) is 0 Å². The zero-order valence-corrected chi connectivity index (χ0v) is 5.99. The van der Waals surface area contributed by atoms with E-state index in [1.807, 2.05) is 0 Å². The van der Waals surface area contributed by atoms with Gasteiger partial charge in [0.25, 0.3) is 0 Å². The highest BCUT2D eigenvalue weighted by Gasteiger charge is 2.25. The van der Waals surface area contributed by atoms with E-state index in [9.17, 15) is 0 Å². The number of alkyl halides is 1. The van der Waals surface area contributed by atoms with Gasteiger partial charge in [-0.1, -0.05) is 15.9 Å². The van der Waals surface area contributed by atoms with Crippen molar-refractivity contribution in [3.63, 3.8) is 0 Å². The molecular formula is C5H9BrO. The monoisotopic (exact) mass is 164 g/mol. The topological polar surface area (TPSA) is 9.23 Å². The lowest BCUT2D eigenvalue weighted by Crippen LogP contribution is -2.13. The van der Waals surface area contributed by atoms with Crippen molar-refractivity contribution in [3.8, 4) is 0 Å². The van der Waals surface area contributed by atoms with Crippen molar-refractivity contribution < 1.29 is 4.74 Å². The van der Waals surface area contributed by atoms with Crippen molar-refractivity contribution in [2.45, 2.75) is 17.7 Å². The molecule has 0 amide bonds. The van der Waals surface area contributed by atoms with E-state index in [1.165, 1.54) is 0 Å². The number of hydrogen-bond acceptors (Lipinski definition) is 1. The Bertz CT molecular complexity index is 62.5. The Labute approximate surface area is 52.2 Å². The molecule has 1 atom stereocenters. The van der Waals surface area contributed by atoms with Gasteiger partial charge in [0, 0.05) is 10.9 Å². The fourth-order valence-electron chi connectivity index (χ4n) is 0.642. The summed E-state index contributed by atoms with van der Waals surface area (Å²) in [6, 6.07) is 0. The minimum Gasteiger partial charge on any atom is -0.380 e. The van der Waals surface area contributed by atoms with Gasteiger partial charge in [-0.3, -0.25) is 0 Å². The van der Waals surface area contributed by atoms with Gasteiger partial charge in [-0.2, -0.15) is 0 Å². The quantitative estimate of drug-likeness (QED) is 0.495. The molecule has 0 bridgehead atoms.